The Labute approximate surface area is 133 Å². The first-order valence-corrected chi connectivity index (χ1v) is 7.64. The van der Waals surface area contributed by atoms with Crippen LogP contribution in [-0.4, -0.2) is 11.2 Å². The standard InChI is InChI=1S/C17H14ClNOS/c1-3-13-7-6-8-14(11-13)19-17(20)12(2)21-16-10-5-4-9-15(16)18/h1,4-12H,2H3,(H,19,20). The highest BCUT2D eigenvalue weighted by Gasteiger charge is 2.15. The first-order chi connectivity index (χ1) is 10.1. The SMILES string of the molecule is C#Cc1cccc(NC(=O)C(C)Sc2ccccc2Cl)c1. The van der Waals surface area contributed by atoms with E-state index in [1.807, 2.05) is 49.4 Å². The topological polar surface area (TPSA) is 29.1 Å². The number of rotatable bonds is 4. The van der Waals surface area contributed by atoms with E-state index in [1.165, 1.54) is 11.8 Å². The molecule has 2 aromatic rings. The third-order valence-electron chi connectivity index (χ3n) is 2.81. The number of halogens is 1. The third kappa shape index (κ3) is 4.29. The number of carbonyl (C=O) groups is 1. The highest BCUT2D eigenvalue weighted by atomic mass is 35.5. The van der Waals surface area contributed by atoms with Crippen LogP contribution in [0.3, 0.4) is 0 Å². The van der Waals surface area contributed by atoms with Crippen LogP contribution in [0.5, 0.6) is 0 Å². The summed E-state index contributed by atoms with van der Waals surface area (Å²) in [6.45, 7) is 1.84. The van der Waals surface area contributed by atoms with Gasteiger partial charge in [0.2, 0.25) is 5.91 Å². The van der Waals surface area contributed by atoms with Crippen LogP contribution in [0.1, 0.15) is 12.5 Å². The van der Waals surface area contributed by atoms with E-state index in [9.17, 15) is 4.79 Å². The molecule has 4 heteroatoms. The number of terminal acetylenes is 1. The maximum absolute atomic E-state index is 12.2. The fraction of sp³-hybridized carbons (Fsp3) is 0.118. The van der Waals surface area contributed by atoms with Gasteiger partial charge < -0.3 is 5.32 Å². The van der Waals surface area contributed by atoms with E-state index in [2.05, 4.69) is 11.2 Å². The summed E-state index contributed by atoms with van der Waals surface area (Å²) in [7, 11) is 0. The van der Waals surface area contributed by atoms with Gasteiger partial charge in [0.15, 0.2) is 0 Å². The number of nitrogens with one attached hydrogen (secondary N) is 1. The van der Waals surface area contributed by atoms with Crippen molar-refractivity contribution in [2.75, 3.05) is 5.32 Å². The van der Waals surface area contributed by atoms with Crippen molar-refractivity contribution in [3.63, 3.8) is 0 Å². The average molecular weight is 316 g/mol. The Hall–Kier alpha value is -1.89. The number of carbonyl (C=O) groups excluding carboxylic acids is 1. The van der Waals surface area contributed by atoms with Crippen molar-refractivity contribution in [3.05, 3.63) is 59.1 Å². The minimum absolute atomic E-state index is 0.0888. The number of hydrogen-bond acceptors (Lipinski definition) is 2. The van der Waals surface area contributed by atoms with E-state index < -0.39 is 0 Å². The Kier molecular flexibility index (Phi) is 5.32. The molecule has 106 valence electrons. The van der Waals surface area contributed by atoms with Crippen LogP contribution in [0, 0.1) is 12.3 Å². The molecule has 2 aromatic carbocycles. The summed E-state index contributed by atoms with van der Waals surface area (Å²) in [5, 5.41) is 3.24. The lowest BCUT2D eigenvalue weighted by Crippen LogP contribution is -2.22. The molecule has 2 nitrogen and oxygen atoms in total. The molecule has 21 heavy (non-hydrogen) atoms. The van der Waals surface area contributed by atoms with Gasteiger partial charge in [0.25, 0.3) is 0 Å². The smallest absolute Gasteiger partial charge is 0.237 e. The lowest BCUT2D eigenvalue weighted by atomic mass is 10.2. The van der Waals surface area contributed by atoms with Gasteiger partial charge in [0.05, 0.1) is 10.3 Å². The van der Waals surface area contributed by atoms with E-state index in [-0.39, 0.29) is 11.2 Å². The van der Waals surface area contributed by atoms with E-state index in [0.29, 0.717) is 10.7 Å². The predicted molar refractivity (Wildman–Crippen MR) is 89.8 cm³/mol. The molecule has 1 N–H and O–H groups in total. The maximum Gasteiger partial charge on any atom is 0.237 e. The quantitative estimate of drug-likeness (QED) is 0.667. The molecule has 0 aliphatic rings. The van der Waals surface area contributed by atoms with E-state index in [4.69, 9.17) is 18.0 Å². The maximum atomic E-state index is 12.2. The van der Waals surface area contributed by atoms with Crippen molar-refractivity contribution in [1.82, 2.24) is 0 Å². The molecule has 0 heterocycles. The van der Waals surface area contributed by atoms with Crippen molar-refractivity contribution in [2.24, 2.45) is 0 Å². The Morgan fingerprint density at radius 2 is 2.05 bits per heavy atom. The van der Waals surface area contributed by atoms with Gasteiger partial charge in [-0.3, -0.25) is 4.79 Å². The minimum atomic E-state index is -0.264. The zero-order valence-corrected chi connectivity index (χ0v) is 13.0. The van der Waals surface area contributed by atoms with Crippen LogP contribution in [0.2, 0.25) is 5.02 Å². The normalized spacial score (nSPS) is 11.5. The Morgan fingerprint density at radius 3 is 2.76 bits per heavy atom. The van der Waals surface area contributed by atoms with Gasteiger partial charge in [0.1, 0.15) is 0 Å². The second kappa shape index (κ2) is 7.21. The van der Waals surface area contributed by atoms with E-state index in [0.717, 1.165) is 10.5 Å². The monoisotopic (exact) mass is 315 g/mol. The Bertz CT molecular complexity index is 693. The third-order valence-corrected chi connectivity index (χ3v) is 4.43. The molecular weight excluding hydrogens is 302 g/mol. The van der Waals surface area contributed by atoms with Gasteiger partial charge in [-0.1, -0.05) is 35.7 Å². The van der Waals surface area contributed by atoms with E-state index >= 15 is 0 Å². The first kappa shape index (κ1) is 15.5. The second-order valence-electron chi connectivity index (χ2n) is 4.40. The zero-order chi connectivity index (χ0) is 15.2. The molecule has 0 fully saturated rings. The number of benzene rings is 2. The summed E-state index contributed by atoms with van der Waals surface area (Å²) in [5.74, 6) is 2.45. The van der Waals surface area contributed by atoms with E-state index in [1.54, 1.807) is 6.07 Å². The Morgan fingerprint density at radius 1 is 1.29 bits per heavy atom. The highest BCUT2D eigenvalue weighted by molar-refractivity contribution is 8.00. The molecule has 1 atom stereocenters. The molecule has 0 bridgehead atoms. The summed E-state index contributed by atoms with van der Waals surface area (Å²) in [5.41, 5.74) is 1.43. The van der Waals surface area contributed by atoms with Crippen LogP contribution < -0.4 is 5.32 Å². The van der Waals surface area contributed by atoms with Crippen molar-refractivity contribution in [1.29, 1.82) is 0 Å². The van der Waals surface area contributed by atoms with Gasteiger partial charge >= 0.3 is 0 Å². The molecule has 1 amide bonds. The molecule has 0 radical (unpaired) electrons. The molecule has 0 aromatic heterocycles. The average Bonchev–Trinajstić information content (AvgIpc) is 2.49. The molecule has 0 saturated carbocycles. The summed E-state index contributed by atoms with van der Waals surface area (Å²) < 4.78 is 0. The molecule has 2 rings (SSSR count). The van der Waals surface area contributed by atoms with Crippen LogP contribution >= 0.6 is 23.4 Å². The predicted octanol–water partition coefficient (Wildman–Crippen LogP) is 4.44. The van der Waals surface area contributed by atoms with Gasteiger partial charge in [-0.25, -0.2) is 0 Å². The minimum Gasteiger partial charge on any atom is -0.325 e. The summed E-state index contributed by atoms with van der Waals surface area (Å²) in [6, 6.07) is 14.7. The molecular formula is C17H14ClNOS. The van der Waals surface area contributed by atoms with Gasteiger partial charge in [0, 0.05) is 16.1 Å². The summed E-state index contributed by atoms with van der Waals surface area (Å²) in [6.07, 6.45) is 5.35. The van der Waals surface area contributed by atoms with Gasteiger partial charge in [-0.2, -0.15) is 0 Å². The molecule has 0 saturated heterocycles. The molecule has 1 unspecified atom stereocenters. The molecule has 0 spiro atoms. The van der Waals surface area contributed by atoms with Crippen LogP contribution in [0.4, 0.5) is 5.69 Å². The van der Waals surface area contributed by atoms with Crippen LogP contribution in [0.15, 0.2) is 53.4 Å². The van der Waals surface area contributed by atoms with Crippen LogP contribution in [-0.2, 0) is 4.79 Å². The first-order valence-electron chi connectivity index (χ1n) is 6.39. The van der Waals surface area contributed by atoms with Crippen molar-refractivity contribution in [2.45, 2.75) is 17.1 Å². The van der Waals surface area contributed by atoms with Crippen LogP contribution in [0.25, 0.3) is 0 Å². The number of thioether (sulfide) groups is 1. The number of hydrogen-bond donors (Lipinski definition) is 1. The summed E-state index contributed by atoms with van der Waals surface area (Å²) >= 11 is 7.52. The van der Waals surface area contributed by atoms with Crippen molar-refractivity contribution >= 4 is 35.0 Å². The van der Waals surface area contributed by atoms with Gasteiger partial charge in [-0.05, 0) is 37.3 Å². The van der Waals surface area contributed by atoms with Gasteiger partial charge in [-0.15, -0.1) is 18.2 Å². The molecule has 0 aliphatic carbocycles. The molecule has 0 aliphatic heterocycles. The Balaban J connectivity index is 2.03. The number of amides is 1. The fourth-order valence-electron chi connectivity index (χ4n) is 1.71. The lowest BCUT2D eigenvalue weighted by Gasteiger charge is -2.13. The largest absolute Gasteiger partial charge is 0.325 e. The number of anilines is 1. The fourth-order valence-corrected chi connectivity index (χ4v) is 2.87. The highest BCUT2D eigenvalue weighted by Crippen LogP contribution is 2.30. The zero-order valence-electron chi connectivity index (χ0n) is 11.5. The van der Waals surface area contributed by atoms with Crippen molar-refractivity contribution in [3.8, 4) is 12.3 Å². The summed E-state index contributed by atoms with van der Waals surface area (Å²) in [4.78, 5) is 13.1. The lowest BCUT2D eigenvalue weighted by molar-refractivity contribution is -0.115. The van der Waals surface area contributed by atoms with Crippen molar-refractivity contribution < 1.29 is 4.79 Å². The second-order valence-corrected chi connectivity index (χ2v) is 6.19.